The summed E-state index contributed by atoms with van der Waals surface area (Å²) in [5, 5.41) is 8.37. The molecule has 6 rings (SSSR count). The summed E-state index contributed by atoms with van der Waals surface area (Å²) in [6.07, 6.45) is 1.47. The van der Waals surface area contributed by atoms with Gasteiger partial charge in [0.15, 0.2) is 12.4 Å². The lowest BCUT2D eigenvalue weighted by Gasteiger charge is -2.10. The van der Waals surface area contributed by atoms with Crippen LogP contribution in [0.2, 0.25) is 0 Å². The van der Waals surface area contributed by atoms with Crippen molar-refractivity contribution < 1.29 is 18.3 Å². The van der Waals surface area contributed by atoms with E-state index in [0.29, 0.717) is 39.2 Å². The zero-order valence-electron chi connectivity index (χ0n) is 21.3. The van der Waals surface area contributed by atoms with E-state index in [9.17, 15) is 14.0 Å². The standard InChI is InChI=1S/C31H20BrFN4O4/c32-21-9-14-27-20(15-21)16-28(41-27)30-36-25-7-3-2-6-24(25)31(39)37(30)34-17-19-5-1-4-8-26(19)40-18-29(38)35-23-12-10-22(33)11-13-23/h1-17H,18H2,(H,35,38). The normalized spacial score (nSPS) is 11.4. The van der Waals surface area contributed by atoms with E-state index in [1.165, 1.54) is 35.2 Å². The van der Waals surface area contributed by atoms with Crippen molar-refractivity contribution in [2.24, 2.45) is 5.10 Å². The number of anilines is 1. The molecule has 0 atom stereocenters. The minimum absolute atomic E-state index is 0.231. The highest BCUT2D eigenvalue weighted by molar-refractivity contribution is 9.10. The lowest BCUT2D eigenvalue weighted by atomic mass is 10.2. The Kier molecular flexibility index (Phi) is 7.13. The van der Waals surface area contributed by atoms with Crippen LogP contribution in [0.25, 0.3) is 33.5 Å². The Morgan fingerprint density at radius 2 is 1.80 bits per heavy atom. The molecule has 0 aliphatic rings. The molecule has 0 radical (unpaired) electrons. The average molecular weight is 611 g/mol. The number of carbonyl (C=O) groups is 1. The highest BCUT2D eigenvalue weighted by Crippen LogP contribution is 2.29. The Balaban J connectivity index is 1.33. The molecule has 0 spiro atoms. The van der Waals surface area contributed by atoms with Crippen molar-refractivity contribution in [3.63, 3.8) is 0 Å². The number of furan rings is 1. The van der Waals surface area contributed by atoms with Gasteiger partial charge in [-0.05, 0) is 72.8 Å². The van der Waals surface area contributed by atoms with E-state index in [4.69, 9.17) is 14.1 Å². The van der Waals surface area contributed by atoms with Gasteiger partial charge in [-0.15, -0.1) is 0 Å². The molecule has 0 aliphatic heterocycles. The molecular formula is C31H20BrFN4O4. The second-order valence-electron chi connectivity index (χ2n) is 8.99. The van der Waals surface area contributed by atoms with Crippen molar-refractivity contribution in [2.75, 3.05) is 11.9 Å². The topological polar surface area (TPSA) is 98.7 Å². The molecule has 6 aromatic rings. The molecule has 2 aromatic heterocycles. The predicted molar refractivity (Wildman–Crippen MR) is 159 cm³/mol. The van der Waals surface area contributed by atoms with Gasteiger partial charge in [0, 0.05) is 21.1 Å². The SMILES string of the molecule is O=C(COc1ccccc1C=Nn1c(-c2cc3cc(Br)ccc3o2)nc2ccccc2c1=O)Nc1ccc(F)cc1. The summed E-state index contributed by atoms with van der Waals surface area (Å²) >= 11 is 3.47. The molecule has 0 fully saturated rings. The molecule has 41 heavy (non-hydrogen) atoms. The number of benzene rings is 4. The van der Waals surface area contributed by atoms with E-state index in [1.54, 1.807) is 48.5 Å². The van der Waals surface area contributed by atoms with Crippen LogP contribution in [0.15, 0.2) is 116 Å². The molecule has 10 heteroatoms. The number of ether oxygens (including phenoxy) is 1. The van der Waals surface area contributed by atoms with Gasteiger partial charge in [0.1, 0.15) is 17.1 Å². The number of hydrogen-bond acceptors (Lipinski definition) is 6. The summed E-state index contributed by atoms with van der Waals surface area (Å²) in [4.78, 5) is 30.7. The molecular weight excluding hydrogens is 591 g/mol. The van der Waals surface area contributed by atoms with Crippen molar-refractivity contribution >= 4 is 55.6 Å². The number of amides is 1. The largest absolute Gasteiger partial charge is 0.483 e. The lowest BCUT2D eigenvalue weighted by Crippen LogP contribution is -2.21. The Morgan fingerprint density at radius 1 is 1.02 bits per heavy atom. The highest BCUT2D eigenvalue weighted by Gasteiger charge is 2.17. The maximum absolute atomic E-state index is 13.6. The van der Waals surface area contributed by atoms with Crippen LogP contribution in [0.1, 0.15) is 5.56 Å². The molecule has 2 heterocycles. The molecule has 202 valence electrons. The number of aromatic nitrogens is 2. The Labute approximate surface area is 240 Å². The van der Waals surface area contributed by atoms with Crippen LogP contribution < -0.4 is 15.6 Å². The Hall–Kier alpha value is -5.09. The van der Waals surface area contributed by atoms with Crippen LogP contribution in [-0.2, 0) is 4.79 Å². The first-order valence-corrected chi connectivity index (χ1v) is 13.3. The Morgan fingerprint density at radius 3 is 2.66 bits per heavy atom. The van der Waals surface area contributed by atoms with Gasteiger partial charge >= 0.3 is 0 Å². The molecule has 0 unspecified atom stereocenters. The van der Waals surface area contributed by atoms with E-state index in [0.717, 1.165) is 9.86 Å². The number of halogens is 2. The first kappa shape index (κ1) is 26.1. The number of nitrogens with one attached hydrogen (secondary N) is 1. The summed E-state index contributed by atoms with van der Waals surface area (Å²) in [5.41, 5.74) is 1.75. The fourth-order valence-electron chi connectivity index (χ4n) is 4.23. The zero-order valence-corrected chi connectivity index (χ0v) is 22.8. The number of carbonyl (C=O) groups excluding carboxylic acids is 1. The lowest BCUT2D eigenvalue weighted by molar-refractivity contribution is -0.118. The second-order valence-corrected chi connectivity index (χ2v) is 9.90. The van der Waals surface area contributed by atoms with Gasteiger partial charge < -0.3 is 14.5 Å². The molecule has 0 saturated heterocycles. The van der Waals surface area contributed by atoms with Gasteiger partial charge in [-0.25, -0.2) is 9.37 Å². The molecule has 0 bridgehead atoms. The fourth-order valence-corrected chi connectivity index (χ4v) is 4.61. The van der Waals surface area contributed by atoms with Gasteiger partial charge in [0.25, 0.3) is 11.5 Å². The van der Waals surface area contributed by atoms with E-state index in [-0.39, 0.29) is 18.0 Å². The molecule has 0 aliphatic carbocycles. The van der Waals surface area contributed by atoms with Crippen molar-refractivity contribution in [1.29, 1.82) is 0 Å². The molecule has 1 amide bonds. The summed E-state index contributed by atoms with van der Waals surface area (Å²) in [5.74, 6) is 0.165. The van der Waals surface area contributed by atoms with Gasteiger partial charge in [0.05, 0.1) is 17.1 Å². The Bertz CT molecular complexity index is 2000. The number of hydrogen-bond donors (Lipinski definition) is 1. The number of rotatable bonds is 7. The van der Waals surface area contributed by atoms with Crippen LogP contribution in [0.5, 0.6) is 5.75 Å². The van der Waals surface area contributed by atoms with Crippen molar-refractivity contribution in [3.05, 3.63) is 123 Å². The predicted octanol–water partition coefficient (Wildman–Crippen LogP) is 6.61. The van der Waals surface area contributed by atoms with Crippen LogP contribution in [-0.4, -0.2) is 28.4 Å². The maximum atomic E-state index is 13.6. The minimum atomic E-state index is -0.419. The quantitative estimate of drug-likeness (QED) is 0.205. The van der Waals surface area contributed by atoms with Gasteiger partial charge in [-0.1, -0.05) is 40.2 Å². The van der Waals surface area contributed by atoms with E-state index < -0.39 is 11.7 Å². The monoisotopic (exact) mass is 610 g/mol. The number of para-hydroxylation sites is 2. The zero-order chi connectivity index (χ0) is 28.3. The average Bonchev–Trinajstić information content (AvgIpc) is 3.40. The van der Waals surface area contributed by atoms with Crippen LogP contribution in [0.4, 0.5) is 10.1 Å². The van der Waals surface area contributed by atoms with E-state index in [2.05, 4.69) is 26.3 Å². The maximum Gasteiger partial charge on any atom is 0.282 e. The van der Waals surface area contributed by atoms with Gasteiger partial charge in [-0.2, -0.15) is 9.78 Å². The smallest absolute Gasteiger partial charge is 0.282 e. The van der Waals surface area contributed by atoms with E-state index in [1.807, 2.05) is 24.3 Å². The van der Waals surface area contributed by atoms with Crippen LogP contribution in [0, 0.1) is 5.82 Å². The van der Waals surface area contributed by atoms with Gasteiger partial charge in [0.2, 0.25) is 5.82 Å². The summed E-state index contributed by atoms with van der Waals surface area (Å²) in [6.45, 7) is -0.292. The summed E-state index contributed by atoms with van der Waals surface area (Å²) < 4.78 is 27.0. The first-order chi connectivity index (χ1) is 19.9. The molecule has 4 aromatic carbocycles. The van der Waals surface area contributed by atoms with Crippen LogP contribution >= 0.6 is 15.9 Å². The molecule has 8 nitrogen and oxygen atoms in total. The van der Waals surface area contributed by atoms with E-state index >= 15 is 0 Å². The fraction of sp³-hybridized carbons (Fsp3) is 0.0323. The third-order valence-corrected chi connectivity index (χ3v) is 6.66. The first-order valence-electron chi connectivity index (χ1n) is 12.5. The van der Waals surface area contributed by atoms with Crippen molar-refractivity contribution in [2.45, 2.75) is 0 Å². The van der Waals surface area contributed by atoms with Gasteiger partial charge in [-0.3, -0.25) is 9.59 Å². The molecule has 1 N–H and O–H groups in total. The second kappa shape index (κ2) is 11.2. The highest BCUT2D eigenvalue weighted by atomic mass is 79.9. The van der Waals surface area contributed by atoms with Crippen molar-refractivity contribution in [3.8, 4) is 17.3 Å². The summed E-state index contributed by atoms with van der Waals surface area (Å²) in [7, 11) is 0. The number of nitrogens with zero attached hydrogens (tertiary/aromatic N) is 3. The third kappa shape index (κ3) is 5.64. The third-order valence-electron chi connectivity index (χ3n) is 6.17. The van der Waals surface area contributed by atoms with Crippen molar-refractivity contribution in [1.82, 2.24) is 9.66 Å². The van der Waals surface area contributed by atoms with Crippen LogP contribution in [0.3, 0.4) is 0 Å². The minimum Gasteiger partial charge on any atom is -0.483 e. The summed E-state index contributed by atoms with van der Waals surface area (Å²) in [6, 6.07) is 26.8. The molecule has 0 saturated carbocycles. The number of fused-ring (bicyclic) bond motifs is 2.